The molecule has 0 radical (unpaired) electrons. The summed E-state index contributed by atoms with van der Waals surface area (Å²) in [6, 6.07) is 17.9. The van der Waals surface area contributed by atoms with Gasteiger partial charge in [0.05, 0.1) is 11.4 Å². The molecule has 158 valence electrons. The van der Waals surface area contributed by atoms with Crippen LogP contribution in [0.15, 0.2) is 70.1 Å². The van der Waals surface area contributed by atoms with E-state index in [2.05, 4.69) is 10.5 Å². The second-order valence-electron chi connectivity index (χ2n) is 7.23. The van der Waals surface area contributed by atoms with Crippen LogP contribution in [0, 0.1) is 0 Å². The highest BCUT2D eigenvalue weighted by molar-refractivity contribution is 7.90. The molecule has 0 atom stereocenters. The first-order chi connectivity index (χ1) is 14.3. The number of sulfone groups is 1. The van der Waals surface area contributed by atoms with E-state index in [0.29, 0.717) is 5.69 Å². The fourth-order valence-electron chi connectivity index (χ4n) is 3.01. The quantitative estimate of drug-likeness (QED) is 0.564. The van der Waals surface area contributed by atoms with Crippen molar-refractivity contribution in [2.45, 2.75) is 17.7 Å². The highest BCUT2D eigenvalue weighted by Crippen LogP contribution is 2.19. The van der Waals surface area contributed by atoms with E-state index < -0.39 is 9.84 Å². The number of nitrogens with zero attached hydrogens (tertiary/aromatic N) is 2. The fourth-order valence-corrected chi connectivity index (χ4v) is 3.64. The minimum absolute atomic E-state index is 0.157. The number of rotatable bonds is 9. The molecule has 2 aromatic carbocycles. The lowest BCUT2D eigenvalue weighted by Gasteiger charge is -2.15. The van der Waals surface area contributed by atoms with Crippen LogP contribution in [0.25, 0.3) is 11.3 Å². The number of likely N-dealkylation sites (N-methyl/N-ethyl adjacent to an activating group) is 1. The lowest BCUT2D eigenvalue weighted by atomic mass is 10.1. The molecule has 3 aromatic rings. The van der Waals surface area contributed by atoms with Crippen LogP contribution in [0.5, 0.6) is 0 Å². The van der Waals surface area contributed by atoms with Crippen molar-refractivity contribution in [2.75, 3.05) is 31.7 Å². The number of amides is 1. The van der Waals surface area contributed by atoms with Crippen LogP contribution in [0.4, 0.5) is 5.69 Å². The molecule has 0 fully saturated rings. The summed E-state index contributed by atoms with van der Waals surface area (Å²) < 4.78 is 28.4. The lowest BCUT2D eigenvalue weighted by Crippen LogP contribution is -2.31. The van der Waals surface area contributed by atoms with Gasteiger partial charge >= 0.3 is 0 Å². The Morgan fingerprint density at radius 3 is 2.47 bits per heavy atom. The van der Waals surface area contributed by atoms with Gasteiger partial charge < -0.3 is 9.84 Å². The van der Waals surface area contributed by atoms with Crippen molar-refractivity contribution in [3.8, 4) is 11.3 Å². The van der Waals surface area contributed by atoms with Gasteiger partial charge in [-0.1, -0.05) is 35.5 Å². The minimum atomic E-state index is -3.25. The monoisotopic (exact) mass is 427 g/mol. The molecule has 1 heterocycles. The molecule has 0 aliphatic heterocycles. The fraction of sp³-hybridized carbons (Fsp3) is 0.273. The summed E-state index contributed by atoms with van der Waals surface area (Å²) in [6.45, 7) is 0.960. The van der Waals surface area contributed by atoms with E-state index in [9.17, 15) is 13.2 Å². The van der Waals surface area contributed by atoms with Gasteiger partial charge in [-0.15, -0.1) is 0 Å². The molecular formula is C22H25N3O4S. The molecule has 1 N–H and O–H groups in total. The van der Waals surface area contributed by atoms with Gasteiger partial charge in [-0.05, 0) is 44.3 Å². The third-order valence-electron chi connectivity index (χ3n) is 4.57. The molecule has 0 bridgehead atoms. The maximum atomic E-state index is 12.2. The van der Waals surface area contributed by atoms with Crippen molar-refractivity contribution in [1.29, 1.82) is 0 Å². The molecule has 0 saturated carbocycles. The third-order valence-corrected chi connectivity index (χ3v) is 5.70. The van der Waals surface area contributed by atoms with Gasteiger partial charge in [0.1, 0.15) is 11.5 Å². The van der Waals surface area contributed by atoms with Gasteiger partial charge in [0, 0.05) is 30.0 Å². The first kappa shape index (κ1) is 21.7. The Balaban J connectivity index is 1.42. The largest absolute Gasteiger partial charge is 0.361 e. The number of aryl methyl sites for hydroxylation is 1. The van der Waals surface area contributed by atoms with E-state index in [4.69, 9.17) is 4.52 Å². The molecule has 0 spiro atoms. The summed E-state index contributed by atoms with van der Waals surface area (Å²) in [6.07, 6.45) is 2.71. The average Bonchev–Trinajstić information content (AvgIpc) is 3.17. The van der Waals surface area contributed by atoms with Gasteiger partial charge in [-0.25, -0.2) is 8.42 Å². The number of carbonyl (C=O) groups excluding carboxylic acids is 1. The van der Waals surface area contributed by atoms with Crippen LogP contribution in [0.3, 0.4) is 0 Å². The minimum Gasteiger partial charge on any atom is -0.361 e. The number of nitrogens with one attached hydrogen (secondary N) is 1. The zero-order valence-electron chi connectivity index (χ0n) is 17.0. The van der Waals surface area contributed by atoms with Gasteiger partial charge in [-0.2, -0.15) is 0 Å². The van der Waals surface area contributed by atoms with Crippen molar-refractivity contribution in [3.63, 3.8) is 0 Å². The van der Waals surface area contributed by atoms with Crippen LogP contribution < -0.4 is 5.32 Å². The molecular weight excluding hydrogens is 402 g/mol. The van der Waals surface area contributed by atoms with Crippen molar-refractivity contribution in [1.82, 2.24) is 10.1 Å². The summed E-state index contributed by atoms with van der Waals surface area (Å²) >= 11 is 0. The third kappa shape index (κ3) is 6.27. The standard InChI is InChI=1S/C22H25N3O4S/c1-25(16-22(26)23-18-10-12-20(13-11-18)30(2,27)28)14-6-9-19-15-21(24-29-19)17-7-4-3-5-8-17/h3-5,7-8,10-13,15H,6,9,14,16H2,1-2H3,(H,23,26). The van der Waals surface area contributed by atoms with Crippen molar-refractivity contribution < 1.29 is 17.7 Å². The van der Waals surface area contributed by atoms with E-state index in [1.807, 2.05) is 48.3 Å². The molecule has 0 aliphatic carbocycles. The van der Waals surface area contributed by atoms with Crippen molar-refractivity contribution in [2.24, 2.45) is 0 Å². The summed E-state index contributed by atoms with van der Waals surface area (Å²) in [5.74, 6) is 0.660. The normalized spacial score (nSPS) is 11.6. The van der Waals surface area contributed by atoms with Gasteiger partial charge in [0.15, 0.2) is 9.84 Å². The topological polar surface area (TPSA) is 92.5 Å². The Hall–Kier alpha value is -2.97. The highest BCUT2D eigenvalue weighted by Gasteiger charge is 2.11. The van der Waals surface area contributed by atoms with Crippen LogP contribution in [0.1, 0.15) is 12.2 Å². The molecule has 7 nitrogen and oxygen atoms in total. The molecule has 1 aromatic heterocycles. The van der Waals surface area contributed by atoms with Crippen LogP contribution in [0.2, 0.25) is 0 Å². The van der Waals surface area contributed by atoms with Crippen molar-refractivity contribution in [3.05, 3.63) is 66.4 Å². The number of hydrogen-bond acceptors (Lipinski definition) is 6. The molecule has 8 heteroatoms. The number of carbonyl (C=O) groups is 1. The Morgan fingerprint density at radius 2 is 1.80 bits per heavy atom. The van der Waals surface area contributed by atoms with E-state index in [1.165, 1.54) is 12.1 Å². The maximum Gasteiger partial charge on any atom is 0.238 e. The number of benzene rings is 2. The van der Waals surface area contributed by atoms with Gasteiger partial charge in [0.25, 0.3) is 0 Å². The first-order valence-corrected chi connectivity index (χ1v) is 11.5. The van der Waals surface area contributed by atoms with Crippen LogP contribution in [-0.2, 0) is 21.1 Å². The van der Waals surface area contributed by atoms with E-state index in [1.54, 1.807) is 12.1 Å². The van der Waals surface area contributed by atoms with E-state index >= 15 is 0 Å². The Bertz CT molecular complexity index is 1080. The number of aromatic nitrogens is 1. The molecule has 0 saturated heterocycles. The van der Waals surface area contributed by atoms with Crippen LogP contribution >= 0.6 is 0 Å². The van der Waals surface area contributed by atoms with E-state index in [0.717, 1.165) is 42.7 Å². The smallest absolute Gasteiger partial charge is 0.238 e. The number of anilines is 1. The Morgan fingerprint density at radius 1 is 1.10 bits per heavy atom. The van der Waals surface area contributed by atoms with E-state index in [-0.39, 0.29) is 17.3 Å². The molecule has 0 aliphatic rings. The average molecular weight is 428 g/mol. The maximum absolute atomic E-state index is 12.2. The summed E-state index contributed by atoms with van der Waals surface area (Å²) in [5, 5.41) is 6.89. The molecule has 3 rings (SSSR count). The SMILES string of the molecule is CN(CCCc1cc(-c2ccccc2)no1)CC(=O)Nc1ccc(S(C)(=O)=O)cc1. The second-order valence-corrected chi connectivity index (χ2v) is 9.25. The van der Waals surface area contributed by atoms with Gasteiger partial charge in [-0.3, -0.25) is 9.69 Å². The first-order valence-electron chi connectivity index (χ1n) is 9.61. The second kappa shape index (κ2) is 9.69. The molecule has 30 heavy (non-hydrogen) atoms. The predicted molar refractivity (Wildman–Crippen MR) is 116 cm³/mol. The zero-order valence-corrected chi connectivity index (χ0v) is 17.9. The summed E-state index contributed by atoms with van der Waals surface area (Å²) in [5.41, 5.74) is 2.40. The van der Waals surface area contributed by atoms with Crippen molar-refractivity contribution >= 4 is 21.4 Å². The molecule has 1 amide bonds. The predicted octanol–water partition coefficient (Wildman–Crippen LogP) is 3.25. The zero-order chi connectivity index (χ0) is 21.6. The lowest BCUT2D eigenvalue weighted by molar-refractivity contribution is -0.117. The van der Waals surface area contributed by atoms with Crippen LogP contribution in [-0.4, -0.2) is 50.8 Å². The highest BCUT2D eigenvalue weighted by atomic mass is 32.2. The summed E-state index contributed by atoms with van der Waals surface area (Å²) in [7, 11) is -1.37. The Kier molecular flexibility index (Phi) is 7.02. The van der Waals surface area contributed by atoms with Gasteiger partial charge in [0.2, 0.25) is 5.91 Å². The molecule has 0 unspecified atom stereocenters. The Labute approximate surface area is 176 Å². The summed E-state index contributed by atoms with van der Waals surface area (Å²) in [4.78, 5) is 14.3. The number of hydrogen-bond donors (Lipinski definition) is 1.